The van der Waals surface area contributed by atoms with Gasteiger partial charge in [-0.05, 0) is 36.2 Å². The lowest BCUT2D eigenvalue weighted by Gasteiger charge is -2.19. The van der Waals surface area contributed by atoms with Crippen molar-refractivity contribution in [1.29, 1.82) is 0 Å². The van der Waals surface area contributed by atoms with Gasteiger partial charge < -0.3 is 0 Å². The molecule has 20 heavy (non-hydrogen) atoms. The maximum atomic E-state index is 13.7. The van der Waals surface area contributed by atoms with Gasteiger partial charge in [-0.3, -0.25) is 4.31 Å². The van der Waals surface area contributed by atoms with Crippen LogP contribution < -0.4 is 4.31 Å². The minimum Gasteiger partial charge on any atom is -0.266 e. The third-order valence-corrected chi connectivity index (χ3v) is 5.13. The van der Waals surface area contributed by atoms with Crippen molar-refractivity contribution in [2.24, 2.45) is 0 Å². The Labute approximate surface area is 115 Å². The molecule has 2 aromatic carbocycles. The topological polar surface area (TPSA) is 37.4 Å². The monoisotopic (exact) mass is 295 g/mol. The lowest BCUT2D eigenvalue weighted by atomic mass is 10.2. The van der Waals surface area contributed by atoms with Crippen LogP contribution in [0.3, 0.4) is 0 Å². The highest BCUT2D eigenvalue weighted by Gasteiger charge is 2.32. The van der Waals surface area contributed by atoms with Crippen molar-refractivity contribution < 1.29 is 17.2 Å². The van der Waals surface area contributed by atoms with E-state index >= 15 is 0 Å². The second-order valence-corrected chi connectivity index (χ2v) is 6.36. The molecule has 0 atom stereocenters. The Balaban J connectivity index is 2.13. The number of nitrogens with zero attached hydrogens (tertiary/aromatic N) is 1. The molecule has 0 aliphatic carbocycles. The number of fused-ring (bicyclic) bond motifs is 1. The van der Waals surface area contributed by atoms with Gasteiger partial charge in [-0.1, -0.05) is 18.2 Å². The molecule has 1 aliphatic heterocycles. The summed E-state index contributed by atoms with van der Waals surface area (Å²) in [5, 5.41) is 0. The molecule has 0 aromatic heterocycles. The van der Waals surface area contributed by atoms with Crippen LogP contribution >= 0.6 is 0 Å². The molecule has 0 saturated heterocycles. The number of benzene rings is 2. The van der Waals surface area contributed by atoms with Crippen molar-refractivity contribution in [3.05, 3.63) is 59.7 Å². The fourth-order valence-corrected chi connectivity index (χ4v) is 3.93. The molecular formula is C14H11F2NO2S. The highest BCUT2D eigenvalue weighted by Crippen LogP contribution is 2.33. The van der Waals surface area contributed by atoms with E-state index in [0.717, 1.165) is 22.0 Å². The molecule has 3 rings (SSSR count). The fourth-order valence-electron chi connectivity index (χ4n) is 2.35. The minimum absolute atomic E-state index is 0.234. The van der Waals surface area contributed by atoms with Crippen LogP contribution in [0.15, 0.2) is 47.4 Å². The summed E-state index contributed by atoms with van der Waals surface area (Å²) in [6, 6.07) is 9.46. The first-order chi connectivity index (χ1) is 9.50. The molecule has 1 heterocycles. The van der Waals surface area contributed by atoms with Gasteiger partial charge in [-0.15, -0.1) is 0 Å². The molecule has 6 heteroatoms. The zero-order chi connectivity index (χ0) is 14.3. The Bertz CT molecular complexity index is 774. The molecule has 0 bridgehead atoms. The van der Waals surface area contributed by atoms with E-state index in [1.807, 2.05) is 12.1 Å². The lowest BCUT2D eigenvalue weighted by Crippen LogP contribution is -2.29. The third kappa shape index (κ3) is 1.96. The van der Waals surface area contributed by atoms with Crippen LogP contribution in [0.25, 0.3) is 0 Å². The van der Waals surface area contributed by atoms with Crippen LogP contribution in [-0.4, -0.2) is 15.0 Å². The average Bonchev–Trinajstić information content (AvgIpc) is 2.86. The summed E-state index contributed by atoms with van der Waals surface area (Å²) in [6.07, 6.45) is 0.562. The van der Waals surface area contributed by atoms with Crippen LogP contribution in [-0.2, 0) is 16.4 Å². The second kappa shape index (κ2) is 4.56. The predicted molar refractivity (Wildman–Crippen MR) is 71.0 cm³/mol. The molecule has 3 nitrogen and oxygen atoms in total. The highest BCUT2D eigenvalue weighted by atomic mass is 32.2. The van der Waals surface area contributed by atoms with Crippen molar-refractivity contribution in [2.75, 3.05) is 10.8 Å². The molecular weight excluding hydrogens is 284 g/mol. The van der Waals surface area contributed by atoms with Gasteiger partial charge in [0.1, 0.15) is 16.5 Å². The molecule has 0 N–H and O–H groups in total. The van der Waals surface area contributed by atoms with E-state index in [0.29, 0.717) is 18.2 Å². The van der Waals surface area contributed by atoms with E-state index in [1.165, 1.54) is 0 Å². The Kier molecular flexibility index (Phi) is 2.97. The summed E-state index contributed by atoms with van der Waals surface area (Å²) in [5.74, 6) is -1.73. The summed E-state index contributed by atoms with van der Waals surface area (Å²) >= 11 is 0. The van der Waals surface area contributed by atoms with Crippen molar-refractivity contribution in [2.45, 2.75) is 11.3 Å². The maximum absolute atomic E-state index is 13.7. The van der Waals surface area contributed by atoms with Gasteiger partial charge in [0.25, 0.3) is 10.0 Å². The van der Waals surface area contributed by atoms with Crippen LogP contribution in [0.1, 0.15) is 5.56 Å². The molecule has 0 unspecified atom stereocenters. The van der Waals surface area contributed by atoms with Crippen LogP contribution in [0.5, 0.6) is 0 Å². The second-order valence-electron chi connectivity index (χ2n) is 4.53. The van der Waals surface area contributed by atoms with Gasteiger partial charge in [0.05, 0.1) is 5.69 Å². The van der Waals surface area contributed by atoms with Crippen molar-refractivity contribution in [3.8, 4) is 0 Å². The number of sulfonamides is 1. The van der Waals surface area contributed by atoms with Crippen molar-refractivity contribution in [1.82, 2.24) is 0 Å². The van der Waals surface area contributed by atoms with Gasteiger partial charge in [0.15, 0.2) is 0 Å². The van der Waals surface area contributed by atoms with E-state index in [2.05, 4.69) is 0 Å². The zero-order valence-electron chi connectivity index (χ0n) is 10.4. The number of hydrogen-bond donors (Lipinski definition) is 0. The maximum Gasteiger partial charge on any atom is 0.267 e. The Morgan fingerprint density at radius 2 is 1.80 bits per heavy atom. The lowest BCUT2D eigenvalue weighted by molar-refractivity contribution is 0.551. The van der Waals surface area contributed by atoms with Crippen LogP contribution in [0.4, 0.5) is 14.5 Å². The first-order valence-electron chi connectivity index (χ1n) is 6.06. The van der Waals surface area contributed by atoms with Crippen LogP contribution in [0, 0.1) is 11.6 Å². The molecule has 0 radical (unpaired) electrons. The fraction of sp³-hybridized carbons (Fsp3) is 0.143. The molecule has 104 valence electrons. The average molecular weight is 295 g/mol. The Morgan fingerprint density at radius 1 is 1.05 bits per heavy atom. The van der Waals surface area contributed by atoms with Gasteiger partial charge in [0.2, 0.25) is 0 Å². The Morgan fingerprint density at radius 3 is 2.60 bits per heavy atom. The molecule has 0 fully saturated rings. The van der Waals surface area contributed by atoms with E-state index in [9.17, 15) is 17.2 Å². The predicted octanol–water partition coefficient (Wildman–Crippen LogP) is 2.72. The summed E-state index contributed by atoms with van der Waals surface area (Å²) in [5.41, 5.74) is 1.41. The van der Waals surface area contributed by atoms with E-state index in [-0.39, 0.29) is 6.54 Å². The van der Waals surface area contributed by atoms with E-state index < -0.39 is 26.6 Å². The molecule has 1 aliphatic rings. The summed E-state index contributed by atoms with van der Waals surface area (Å²) < 4.78 is 53.0. The first-order valence-corrected chi connectivity index (χ1v) is 7.50. The highest BCUT2D eigenvalue weighted by molar-refractivity contribution is 7.92. The van der Waals surface area contributed by atoms with Crippen molar-refractivity contribution >= 4 is 15.7 Å². The quantitative estimate of drug-likeness (QED) is 0.854. The van der Waals surface area contributed by atoms with Gasteiger partial charge in [0, 0.05) is 6.54 Å². The van der Waals surface area contributed by atoms with Gasteiger partial charge in [-0.2, -0.15) is 0 Å². The molecule has 2 aromatic rings. The summed E-state index contributed by atoms with van der Waals surface area (Å²) in [4.78, 5) is -0.630. The summed E-state index contributed by atoms with van der Waals surface area (Å²) in [6.45, 7) is 0.234. The number of anilines is 1. The Hall–Kier alpha value is -1.95. The van der Waals surface area contributed by atoms with Crippen LogP contribution in [0.2, 0.25) is 0 Å². The van der Waals surface area contributed by atoms with Gasteiger partial charge in [-0.25, -0.2) is 17.2 Å². The number of hydrogen-bond acceptors (Lipinski definition) is 2. The van der Waals surface area contributed by atoms with E-state index in [4.69, 9.17) is 0 Å². The third-order valence-electron chi connectivity index (χ3n) is 3.31. The first kappa shape index (κ1) is 13.1. The zero-order valence-corrected chi connectivity index (χ0v) is 11.2. The summed E-state index contributed by atoms with van der Waals surface area (Å²) in [7, 11) is -4.09. The number of halogens is 2. The molecule has 0 amide bonds. The SMILES string of the molecule is O=S(=O)(c1cc(F)ccc1F)N1CCc2ccccc21. The number of para-hydroxylation sites is 1. The minimum atomic E-state index is -4.09. The molecule has 0 spiro atoms. The largest absolute Gasteiger partial charge is 0.267 e. The normalized spacial score (nSPS) is 14.4. The molecule has 0 saturated carbocycles. The van der Waals surface area contributed by atoms with Gasteiger partial charge >= 0.3 is 0 Å². The standard InChI is InChI=1S/C14H11F2NO2S/c15-11-5-6-12(16)14(9-11)20(18,19)17-8-7-10-3-1-2-4-13(10)17/h1-6,9H,7-8H2. The van der Waals surface area contributed by atoms with E-state index in [1.54, 1.807) is 12.1 Å². The smallest absolute Gasteiger partial charge is 0.266 e. The van der Waals surface area contributed by atoms with Crippen molar-refractivity contribution in [3.63, 3.8) is 0 Å². The number of rotatable bonds is 2.